The van der Waals surface area contributed by atoms with Gasteiger partial charge in [0.2, 0.25) is 5.34 Å². The molecule has 34 heavy (non-hydrogen) atoms. The van der Waals surface area contributed by atoms with Crippen LogP contribution in [-0.2, 0) is 18.8 Å². The Morgan fingerprint density at radius 3 is 2.00 bits per heavy atom. The Balaban J connectivity index is 4.18. The molecule has 0 aliphatic rings. The Hall–Kier alpha value is -0.0700. The maximum absolute atomic E-state index is 11.0. The summed E-state index contributed by atoms with van der Waals surface area (Å²) in [5, 5.41) is 16.8. The van der Waals surface area contributed by atoms with Crippen LogP contribution in [0.3, 0.4) is 0 Å². The number of ether oxygens (including phenoxy) is 2. The molecule has 0 spiro atoms. The van der Waals surface area contributed by atoms with Crippen molar-refractivity contribution < 1.29 is 29.0 Å². The zero-order valence-corrected chi connectivity index (χ0v) is 24.1. The van der Waals surface area contributed by atoms with Crippen LogP contribution in [0.2, 0.25) is 0 Å². The van der Waals surface area contributed by atoms with Gasteiger partial charge in [0.05, 0.1) is 12.7 Å². The van der Waals surface area contributed by atoms with Gasteiger partial charge in [-0.15, -0.1) is 0 Å². The first-order valence-corrected chi connectivity index (χ1v) is 15.7. The molecule has 4 atom stereocenters. The van der Waals surface area contributed by atoms with Gasteiger partial charge in [-0.25, -0.2) is 4.79 Å². The highest BCUT2D eigenvalue weighted by atomic mass is 32.2. The minimum Gasteiger partial charge on any atom is -0.479 e. The molecule has 0 aliphatic carbocycles. The Bertz CT molecular complexity index is 496. The Morgan fingerprint density at radius 2 is 1.44 bits per heavy atom. The summed E-state index contributed by atoms with van der Waals surface area (Å²) in [6, 6.07) is 0. The van der Waals surface area contributed by atoms with Gasteiger partial charge in [-0.1, -0.05) is 90.9 Å². The molecule has 0 aromatic carbocycles. The van der Waals surface area contributed by atoms with E-state index >= 15 is 0 Å². The van der Waals surface area contributed by atoms with E-state index < -0.39 is 26.4 Å². The maximum Gasteiger partial charge on any atom is 0.345 e. The lowest BCUT2D eigenvalue weighted by Gasteiger charge is -2.24. The minimum absolute atomic E-state index is 0.159. The van der Waals surface area contributed by atoms with E-state index in [2.05, 4.69) is 32.5 Å². The highest BCUT2D eigenvalue weighted by Gasteiger charge is 2.35. The van der Waals surface area contributed by atoms with Gasteiger partial charge in [-0.2, -0.15) is 11.8 Å². The van der Waals surface area contributed by atoms with Crippen molar-refractivity contribution in [3.8, 4) is 0 Å². The third kappa shape index (κ3) is 18.2. The largest absolute Gasteiger partial charge is 0.479 e. The lowest BCUT2D eigenvalue weighted by Crippen LogP contribution is -2.37. The molecule has 0 heterocycles. The van der Waals surface area contributed by atoms with Gasteiger partial charge in [-0.05, 0) is 31.9 Å². The number of hydrogen-bond donors (Lipinski definition) is 2. The Labute approximate surface area is 214 Å². The molecule has 0 rings (SSSR count). The van der Waals surface area contributed by atoms with E-state index in [9.17, 15) is 14.5 Å². The lowest BCUT2D eigenvalue weighted by molar-refractivity contribution is -0.154. The number of unbranched alkanes of at least 4 members (excludes halogenated alkanes) is 11. The summed E-state index contributed by atoms with van der Waals surface area (Å²) in [5.41, 5.74) is 0. The van der Waals surface area contributed by atoms with E-state index in [0.717, 1.165) is 0 Å². The number of carboxylic acid groups (broad SMARTS) is 1. The van der Waals surface area contributed by atoms with Crippen molar-refractivity contribution in [3.63, 3.8) is 0 Å². The molecule has 6 nitrogen and oxygen atoms in total. The molecule has 0 aliphatic heterocycles. The van der Waals surface area contributed by atoms with Crippen LogP contribution in [-0.4, -0.2) is 58.5 Å². The molecule has 0 fully saturated rings. The summed E-state index contributed by atoms with van der Waals surface area (Å²) < 4.78 is 22.3. The van der Waals surface area contributed by atoms with Crippen LogP contribution in [0.1, 0.15) is 117 Å². The third-order valence-electron chi connectivity index (χ3n) is 6.15. The predicted molar refractivity (Wildman–Crippen MR) is 146 cm³/mol. The Kier molecular flexibility index (Phi) is 23.3. The van der Waals surface area contributed by atoms with Gasteiger partial charge >= 0.3 is 5.97 Å². The molecule has 0 amide bonds. The van der Waals surface area contributed by atoms with Crippen molar-refractivity contribution in [2.45, 2.75) is 134 Å². The second-order valence-electron chi connectivity index (χ2n) is 9.42. The molecular weight excluding hydrogens is 471 g/mol. The molecular formula is C26H53O6PS. The van der Waals surface area contributed by atoms with Crippen LogP contribution in [0.5, 0.6) is 0 Å². The zero-order valence-electron chi connectivity index (χ0n) is 22.1. The summed E-state index contributed by atoms with van der Waals surface area (Å²) in [7, 11) is -1.87. The highest BCUT2D eigenvalue weighted by Crippen LogP contribution is 2.25. The van der Waals surface area contributed by atoms with Gasteiger partial charge in [-0.3, -0.25) is 0 Å². The average molecular weight is 525 g/mol. The van der Waals surface area contributed by atoms with E-state index in [-0.39, 0.29) is 12.7 Å². The number of carboxylic acids is 1. The summed E-state index contributed by atoms with van der Waals surface area (Å²) in [5.74, 6) is -0.311. The smallest absolute Gasteiger partial charge is 0.345 e. The van der Waals surface area contributed by atoms with Gasteiger partial charge in [0.1, 0.15) is 8.46 Å². The summed E-state index contributed by atoms with van der Waals surface area (Å²) >= 11 is 2.06. The van der Waals surface area contributed by atoms with Gasteiger partial charge in [0, 0.05) is 18.5 Å². The predicted octanol–water partition coefficient (Wildman–Crippen LogP) is 6.93. The van der Waals surface area contributed by atoms with Gasteiger partial charge in [0.15, 0.2) is 0 Å². The summed E-state index contributed by atoms with van der Waals surface area (Å²) in [6.07, 6.45) is 19.1. The fourth-order valence-electron chi connectivity index (χ4n) is 3.78. The van der Waals surface area contributed by atoms with Crippen LogP contribution >= 0.6 is 20.2 Å². The molecule has 0 bridgehead atoms. The number of carbonyl (C=O) groups is 1. The molecule has 0 radical (unpaired) electrons. The van der Waals surface area contributed by atoms with Crippen LogP contribution < -0.4 is 0 Å². The van der Waals surface area contributed by atoms with Crippen LogP contribution in [0, 0.1) is 0 Å². The third-order valence-corrected chi connectivity index (χ3v) is 8.52. The fourth-order valence-corrected chi connectivity index (χ4v) is 5.43. The van der Waals surface area contributed by atoms with Crippen molar-refractivity contribution in [3.05, 3.63) is 0 Å². The number of hydrogen-bond acceptors (Lipinski definition) is 6. The second-order valence-corrected chi connectivity index (χ2v) is 12.0. The normalized spacial score (nSPS) is 15.5. The molecule has 4 unspecified atom stereocenters. The van der Waals surface area contributed by atoms with Crippen LogP contribution in [0.15, 0.2) is 0 Å². The van der Waals surface area contributed by atoms with Gasteiger partial charge in [0.25, 0.3) is 0 Å². The van der Waals surface area contributed by atoms with Gasteiger partial charge < -0.3 is 24.3 Å². The SMILES string of the molecule is CCCCCCCCCCSC(CCCCCCC)C(C)OCCCOCC(O)([PH2]=O)C(=O)O. The van der Waals surface area contributed by atoms with Crippen molar-refractivity contribution in [2.24, 2.45) is 0 Å². The topological polar surface area (TPSA) is 93.1 Å². The van der Waals surface area contributed by atoms with E-state index in [1.165, 1.54) is 95.6 Å². The fraction of sp³-hybridized carbons (Fsp3) is 0.962. The molecule has 0 aromatic heterocycles. The second kappa shape index (κ2) is 23.3. The number of thioether (sulfide) groups is 1. The van der Waals surface area contributed by atoms with E-state index in [1.54, 1.807) is 0 Å². The van der Waals surface area contributed by atoms with Crippen LogP contribution in [0.4, 0.5) is 0 Å². The van der Waals surface area contributed by atoms with Crippen LogP contribution in [0.25, 0.3) is 0 Å². The molecule has 0 saturated carbocycles. The van der Waals surface area contributed by atoms with Crippen molar-refractivity contribution in [2.75, 3.05) is 25.6 Å². The molecule has 2 N–H and O–H groups in total. The van der Waals surface area contributed by atoms with Crippen molar-refractivity contribution >= 4 is 26.2 Å². The summed E-state index contributed by atoms with van der Waals surface area (Å²) in [4.78, 5) is 10.9. The van der Waals surface area contributed by atoms with Crippen molar-refractivity contribution in [1.29, 1.82) is 0 Å². The lowest BCUT2D eigenvalue weighted by atomic mass is 10.1. The van der Waals surface area contributed by atoms with E-state index in [0.29, 0.717) is 18.3 Å². The number of rotatable bonds is 26. The molecule has 0 saturated heterocycles. The standard InChI is InChI=1S/C26H53O6PS/c1-4-6-8-10-11-12-14-16-21-34-24(18-15-13-9-7-5-2)23(3)32-20-17-19-31-22-26(29,33-30)25(27)28/h23-24,29H,4-22,33H2,1-3H3,(H,27,28). The minimum atomic E-state index is -2.26. The average Bonchev–Trinajstić information content (AvgIpc) is 2.83. The molecule has 204 valence electrons. The first-order valence-electron chi connectivity index (χ1n) is 13.6. The quantitative estimate of drug-likeness (QED) is 0.0936. The summed E-state index contributed by atoms with van der Waals surface area (Å²) in [6.45, 7) is 7.01. The number of aliphatic carboxylic acids is 1. The zero-order chi connectivity index (χ0) is 25.5. The first kappa shape index (κ1) is 33.9. The first-order chi connectivity index (χ1) is 16.4. The molecule has 0 aromatic rings. The molecule has 8 heteroatoms. The van der Waals surface area contributed by atoms with Crippen molar-refractivity contribution in [1.82, 2.24) is 0 Å². The Morgan fingerprint density at radius 1 is 0.882 bits per heavy atom. The van der Waals surface area contributed by atoms with E-state index in [1.807, 2.05) is 0 Å². The monoisotopic (exact) mass is 524 g/mol. The maximum atomic E-state index is 11.0. The van der Waals surface area contributed by atoms with E-state index in [4.69, 9.17) is 14.6 Å². The number of aliphatic hydroxyl groups is 1. The highest BCUT2D eigenvalue weighted by molar-refractivity contribution is 7.99.